The van der Waals surface area contributed by atoms with Gasteiger partial charge in [-0.05, 0) is 0 Å². The molecular weight excluding hydrogens is 230 g/mol. The van der Waals surface area contributed by atoms with Crippen molar-refractivity contribution in [2.45, 2.75) is 0 Å². The van der Waals surface area contributed by atoms with Crippen molar-refractivity contribution in [3.8, 4) is 0 Å². The molecule has 1 N–H and O–H groups in total. The molecule has 0 fully saturated rings. The summed E-state index contributed by atoms with van der Waals surface area (Å²) in [5.74, 6) is 0. The van der Waals surface area contributed by atoms with Gasteiger partial charge in [0.15, 0.2) is 0 Å². The Bertz CT molecular complexity index is 34.0. The second-order valence-electron chi connectivity index (χ2n) is 0.396. The third-order valence-corrected chi connectivity index (χ3v) is 0. The van der Waals surface area contributed by atoms with Crippen molar-refractivity contribution >= 4 is 0 Å². The van der Waals surface area contributed by atoms with Crippen LogP contribution < -0.4 is 65.4 Å². The van der Waals surface area contributed by atoms with Gasteiger partial charge in [0, 0.05) is 0 Å². The van der Waals surface area contributed by atoms with Gasteiger partial charge in [0.05, 0.1) is 14.9 Å². The van der Waals surface area contributed by atoms with Crippen molar-refractivity contribution in [2.24, 2.45) is 0 Å². The van der Waals surface area contributed by atoms with Crippen molar-refractivity contribution in [1.29, 1.82) is 0 Å². The molecule has 0 unspecified atom stereocenters. The van der Waals surface area contributed by atoms with Gasteiger partial charge in [0.2, 0.25) is 0 Å². The molecule has 0 atom stereocenters. The average Bonchev–Trinajstić information content (AvgIpc) is 0.722. The quantitative estimate of drug-likeness (QED) is 0.421. The van der Waals surface area contributed by atoms with Crippen LogP contribution in [0.4, 0.5) is 0 Å². The van der Waals surface area contributed by atoms with Crippen LogP contribution in [-0.4, -0.2) is 4.66 Å². The largest absolute Gasteiger partial charge is 4.00 e. The summed E-state index contributed by atoms with van der Waals surface area (Å²) in [6.07, 6.45) is 0. The minimum absolute atomic E-state index is 0. The van der Waals surface area contributed by atoms with Gasteiger partial charge in [-0.25, -0.2) is 0 Å². The summed E-state index contributed by atoms with van der Waals surface area (Å²) in [5, 5.41) is 0. The molecule has 7 heavy (non-hydrogen) atoms. The Morgan fingerprint density at radius 2 is 1.29 bits per heavy atom. The molecule has 0 bridgehead atoms. The van der Waals surface area contributed by atoms with Gasteiger partial charge in [0.1, 0.15) is 0 Å². The SMILES string of the molecule is [H-].[H-].[K+].[O-][Cl+3]([O-])([O-])O.[Zr+4]. The van der Waals surface area contributed by atoms with E-state index in [2.05, 4.69) is 0 Å². The number of halogens is 1. The molecule has 0 saturated carbocycles. The van der Waals surface area contributed by atoms with E-state index in [0.29, 0.717) is 0 Å². The fraction of sp³-hybridized carbons (Fsp3) is 0. The van der Waals surface area contributed by atoms with E-state index in [4.69, 9.17) is 18.6 Å². The van der Waals surface area contributed by atoms with E-state index in [1.54, 1.807) is 0 Å². The first kappa shape index (κ1) is 16.3. The van der Waals surface area contributed by atoms with Crippen molar-refractivity contribution in [2.75, 3.05) is 0 Å². The molecule has 0 heterocycles. The zero-order valence-corrected chi connectivity index (χ0v) is 9.89. The van der Waals surface area contributed by atoms with E-state index in [0.717, 1.165) is 0 Å². The number of rotatable bonds is 0. The predicted octanol–water partition coefficient (Wildman–Crippen LogP) is -6.90. The molecule has 7 heteroatoms. The van der Waals surface area contributed by atoms with Gasteiger partial charge in [-0.15, -0.1) is 0 Å². The summed E-state index contributed by atoms with van der Waals surface area (Å²) >= 11 is 0. The van der Waals surface area contributed by atoms with Crippen LogP contribution in [0.3, 0.4) is 0 Å². The van der Waals surface area contributed by atoms with E-state index in [1.807, 2.05) is 0 Å². The summed E-state index contributed by atoms with van der Waals surface area (Å²) < 4.78 is 32.7. The van der Waals surface area contributed by atoms with Gasteiger partial charge in [0.25, 0.3) is 0 Å². The Balaban J connectivity index is -0.0000000133. The topological polar surface area (TPSA) is 89.4 Å². The van der Waals surface area contributed by atoms with Crippen LogP contribution in [0.25, 0.3) is 0 Å². The molecule has 0 radical (unpaired) electrons. The zero-order chi connectivity index (χ0) is 4.50. The van der Waals surface area contributed by atoms with E-state index in [1.165, 1.54) is 0 Å². The van der Waals surface area contributed by atoms with Gasteiger partial charge >= 0.3 is 77.6 Å². The molecule has 0 aliphatic carbocycles. The Morgan fingerprint density at radius 1 is 1.29 bits per heavy atom. The molecule has 0 saturated heterocycles. The number of hydrogen-bond acceptors (Lipinski definition) is 4. The maximum absolute atomic E-state index is 8.60. The first-order valence-corrected chi connectivity index (χ1v) is 1.90. The maximum atomic E-state index is 8.60. The van der Waals surface area contributed by atoms with Crippen LogP contribution in [0.2, 0.25) is 0 Å². The molecule has 0 aromatic carbocycles. The van der Waals surface area contributed by atoms with Crippen molar-refractivity contribution in [3.63, 3.8) is 0 Å². The van der Waals surface area contributed by atoms with Crippen molar-refractivity contribution in [3.05, 3.63) is 0 Å². The fourth-order valence-electron chi connectivity index (χ4n) is 0. The average molecular weight is 233 g/mol. The number of hydrogen-bond donors (Lipinski definition) is 1. The Kier molecular flexibility index (Phi) is 15.8. The van der Waals surface area contributed by atoms with E-state index in [-0.39, 0.29) is 80.4 Å². The van der Waals surface area contributed by atoms with Crippen LogP contribution in [0.1, 0.15) is 2.85 Å². The summed E-state index contributed by atoms with van der Waals surface area (Å²) in [6.45, 7) is 0. The second-order valence-corrected chi connectivity index (χ2v) is 1.19. The molecule has 0 aromatic rings. The molecule has 0 aliphatic heterocycles. The molecule has 36 valence electrons. The normalized spacial score (nSPS) is 8.57. The molecule has 0 aromatic heterocycles. The molecule has 0 spiro atoms. The van der Waals surface area contributed by atoms with Gasteiger partial charge < -0.3 is 2.85 Å². The summed E-state index contributed by atoms with van der Waals surface area (Å²) in [7, 11) is -4.69. The zero-order valence-electron chi connectivity index (χ0n) is 5.55. The predicted molar refractivity (Wildman–Crippen MR) is 4.44 cm³/mol. The standard InChI is InChI=1S/ClHO4.K.Zr.2H/c2-1(3,4)5;;;;/h(H,2,3,4,5);;;;/q;+1;+4;2*-1. The minimum atomic E-state index is -4.69. The fourth-order valence-corrected chi connectivity index (χ4v) is 0. The molecule has 0 rings (SSSR count). The van der Waals surface area contributed by atoms with Crippen LogP contribution in [0.5, 0.6) is 0 Å². The summed E-state index contributed by atoms with van der Waals surface area (Å²) in [4.78, 5) is 0. The first-order chi connectivity index (χ1) is 2.00. The Labute approximate surface area is 107 Å². The first-order valence-electron chi connectivity index (χ1n) is 0.632. The third kappa shape index (κ3) is 54.5. The van der Waals surface area contributed by atoms with Gasteiger partial charge in [-0.3, -0.25) is 0 Å². The van der Waals surface area contributed by atoms with Gasteiger partial charge in [-0.2, -0.15) is 14.0 Å². The van der Waals surface area contributed by atoms with Crippen LogP contribution in [-0.2, 0) is 26.2 Å². The summed E-state index contributed by atoms with van der Waals surface area (Å²) in [6, 6.07) is 0. The van der Waals surface area contributed by atoms with E-state index in [9.17, 15) is 0 Å². The molecule has 0 amide bonds. The van der Waals surface area contributed by atoms with E-state index < -0.39 is 10.2 Å². The Hall–Kier alpha value is 2.65. The molecule has 4 nitrogen and oxygen atoms in total. The monoisotopic (exact) mass is 231 g/mol. The second kappa shape index (κ2) is 6.77. The third-order valence-electron chi connectivity index (χ3n) is 0. The minimum Gasteiger partial charge on any atom is -1.00 e. The van der Waals surface area contributed by atoms with E-state index >= 15 is 0 Å². The molecule has 0 aliphatic rings. The Morgan fingerprint density at radius 3 is 1.29 bits per heavy atom. The maximum Gasteiger partial charge on any atom is 4.00 e. The van der Waals surface area contributed by atoms with Crippen LogP contribution in [0, 0.1) is 10.2 Å². The van der Waals surface area contributed by atoms with Crippen molar-refractivity contribution < 1.29 is 109 Å². The smallest absolute Gasteiger partial charge is 1.00 e. The summed E-state index contributed by atoms with van der Waals surface area (Å²) in [5.41, 5.74) is 0. The van der Waals surface area contributed by atoms with Crippen LogP contribution in [0.15, 0.2) is 0 Å². The molecular formula is H3ClKO4Zr+3. The van der Waals surface area contributed by atoms with Crippen LogP contribution >= 0.6 is 0 Å². The van der Waals surface area contributed by atoms with Crippen molar-refractivity contribution in [1.82, 2.24) is 0 Å². The van der Waals surface area contributed by atoms with Gasteiger partial charge in [-0.1, -0.05) is 0 Å².